The molecule has 12 nitrogen and oxygen atoms in total. The van der Waals surface area contributed by atoms with Crippen LogP contribution in [0.5, 0.6) is 0 Å². The lowest BCUT2D eigenvalue weighted by molar-refractivity contribution is -0.234. The summed E-state index contributed by atoms with van der Waals surface area (Å²) in [6, 6.07) is -0.890. The molecule has 0 aromatic carbocycles. The normalized spacial score (nSPS) is 26.9. The fourth-order valence-electron chi connectivity index (χ4n) is 4.02. The Balaban J connectivity index is 3.64. The summed E-state index contributed by atoms with van der Waals surface area (Å²) in [5.41, 5.74) is -0.857. The van der Waals surface area contributed by atoms with E-state index in [0.29, 0.717) is 5.75 Å². The standard InChI is InChI=1S/C22H37NO11S2/c1-8-36(10-9-24,34-16(6)29)11-17(23-12(2)25)18-19(30-13(3)26)20(31-14(4)27)21(32-15(5)28)22(33-18)35-7/h17-22,24H,8-11H2,1-7H3,(H,23,25)/t17-,18+,19-,20-,21+,22+/m0/s1. The number of hydrogen-bond acceptors (Lipinski definition) is 12. The van der Waals surface area contributed by atoms with E-state index < -0.39 is 76.0 Å². The minimum atomic E-state index is -2.26. The van der Waals surface area contributed by atoms with E-state index in [-0.39, 0.29) is 18.1 Å². The number of aliphatic hydroxyl groups is 1. The zero-order chi connectivity index (χ0) is 27.6. The van der Waals surface area contributed by atoms with Crippen LogP contribution < -0.4 is 5.32 Å². The highest BCUT2D eigenvalue weighted by Crippen LogP contribution is 2.50. The summed E-state index contributed by atoms with van der Waals surface area (Å²) < 4.78 is 28.3. The molecule has 0 radical (unpaired) electrons. The smallest absolute Gasteiger partial charge is 0.313 e. The first-order valence-electron chi connectivity index (χ1n) is 11.3. The molecule has 1 rings (SSSR count). The number of amides is 1. The number of hydrogen-bond donors (Lipinski definition) is 2. The van der Waals surface area contributed by atoms with Crippen LogP contribution in [-0.4, -0.2) is 101 Å². The second-order valence-electron chi connectivity index (χ2n) is 8.16. The van der Waals surface area contributed by atoms with Crippen molar-refractivity contribution >= 4 is 51.9 Å². The van der Waals surface area contributed by atoms with E-state index in [2.05, 4.69) is 5.32 Å². The highest BCUT2D eigenvalue weighted by molar-refractivity contribution is 8.30. The van der Waals surface area contributed by atoms with Crippen LogP contribution in [0.4, 0.5) is 0 Å². The predicted octanol–water partition coefficient (Wildman–Crippen LogP) is 0.669. The molecule has 0 saturated carbocycles. The average molecular weight is 556 g/mol. The summed E-state index contributed by atoms with van der Waals surface area (Å²) >= 11 is 1.17. The summed E-state index contributed by atoms with van der Waals surface area (Å²) in [6.45, 7) is 7.58. The van der Waals surface area contributed by atoms with E-state index in [1.807, 2.05) is 0 Å². The Morgan fingerprint density at radius 3 is 1.86 bits per heavy atom. The number of aliphatic hydroxyl groups excluding tert-OH is 1. The molecule has 1 fully saturated rings. The Labute approximate surface area is 217 Å². The van der Waals surface area contributed by atoms with Gasteiger partial charge in [0.1, 0.15) is 11.5 Å². The van der Waals surface area contributed by atoms with Gasteiger partial charge in [-0.2, -0.15) is 0 Å². The molecule has 2 N–H and O–H groups in total. The van der Waals surface area contributed by atoms with Gasteiger partial charge in [0.25, 0.3) is 0 Å². The maximum atomic E-state index is 12.2. The Kier molecular flexibility index (Phi) is 13.0. The number of rotatable bonds is 12. The van der Waals surface area contributed by atoms with Gasteiger partial charge in [0.05, 0.1) is 12.6 Å². The molecule has 0 spiro atoms. The first-order chi connectivity index (χ1) is 16.8. The first kappa shape index (κ1) is 32.0. The van der Waals surface area contributed by atoms with E-state index >= 15 is 0 Å². The van der Waals surface area contributed by atoms with Gasteiger partial charge in [-0.25, -0.2) is 0 Å². The molecule has 1 saturated heterocycles. The molecule has 1 amide bonds. The Morgan fingerprint density at radius 2 is 1.44 bits per heavy atom. The Hall–Kier alpha value is -2.03. The molecule has 1 aliphatic rings. The van der Waals surface area contributed by atoms with Crippen LogP contribution in [0, 0.1) is 0 Å². The van der Waals surface area contributed by atoms with Crippen molar-refractivity contribution in [1.29, 1.82) is 0 Å². The maximum absolute atomic E-state index is 12.2. The number of carbonyl (C=O) groups excluding carboxylic acids is 5. The molecule has 0 aliphatic carbocycles. The van der Waals surface area contributed by atoms with Crippen molar-refractivity contribution in [2.45, 2.75) is 77.4 Å². The fraction of sp³-hybridized carbons (Fsp3) is 0.773. The third-order valence-electron chi connectivity index (χ3n) is 5.22. The van der Waals surface area contributed by atoms with Gasteiger partial charge < -0.3 is 33.6 Å². The summed E-state index contributed by atoms with van der Waals surface area (Å²) in [5, 5.41) is 12.5. The zero-order valence-corrected chi connectivity index (χ0v) is 23.3. The minimum Gasteiger partial charge on any atom is -0.456 e. The first-order valence-corrected chi connectivity index (χ1v) is 14.7. The topological polar surface area (TPSA) is 164 Å². The molecule has 0 aromatic heterocycles. The second-order valence-corrected chi connectivity index (χ2v) is 12.5. The van der Waals surface area contributed by atoms with Gasteiger partial charge in [0, 0.05) is 51.9 Å². The van der Waals surface area contributed by atoms with Gasteiger partial charge in [0.15, 0.2) is 18.3 Å². The molecule has 14 heteroatoms. The fourth-order valence-corrected chi connectivity index (χ4v) is 7.46. The lowest BCUT2D eigenvalue weighted by Crippen LogP contribution is -2.66. The van der Waals surface area contributed by atoms with E-state index in [9.17, 15) is 29.1 Å². The van der Waals surface area contributed by atoms with Crippen molar-refractivity contribution in [2.24, 2.45) is 0 Å². The Morgan fingerprint density at radius 1 is 0.917 bits per heavy atom. The molecule has 0 bridgehead atoms. The van der Waals surface area contributed by atoms with Crippen molar-refractivity contribution in [3.63, 3.8) is 0 Å². The quantitative estimate of drug-likeness (QED) is 0.256. The molecule has 1 unspecified atom stereocenters. The van der Waals surface area contributed by atoms with Crippen molar-refractivity contribution in [3.05, 3.63) is 0 Å². The molecule has 1 heterocycles. The molecule has 7 atom stereocenters. The van der Waals surface area contributed by atoms with Gasteiger partial charge in [-0.3, -0.25) is 24.0 Å². The van der Waals surface area contributed by atoms with Gasteiger partial charge in [-0.1, -0.05) is 17.2 Å². The van der Waals surface area contributed by atoms with Gasteiger partial charge in [-0.05, 0) is 6.26 Å². The zero-order valence-electron chi connectivity index (χ0n) is 21.6. The number of ether oxygens (including phenoxy) is 4. The van der Waals surface area contributed by atoms with E-state index in [0.717, 1.165) is 13.8 Å². The van der Waals surface area contributed by atoms with Crippen LogP contribution in [0.15, 0.2) is 0 Å². The van der Waals surface area contributed by atoms with Crippen molar-refractivity contribution in [3.8, 4) is 0 Å². The molecule has 0 aromatic rings. The third kappa shape index (κ3) is 9.45. The molecule has 208 valence electrons. The monoisotopic (exact) mass is 555 g/mol. The van der Waals surface area contributed by atoms with Crippen molar-refractivity contribution in [2.75, 3.05) is 30.1 Å². The van der Waals surface area contributed by atoms with Crippen molar-refractivity contribution < 1.29 is 52.2 Å². The second kappa shape index (κ2) is 14.6. The maximum Gasteiger partial charge on any atom is 0.313 e. The predicted molar refractivity (Wildman–Crippen MR) is 133 cm³/mol. The summed E-state index contributed by atoms with van der Waals surface area (Å²) in [6.07, 6.45) is -3.04. The van der Waals surface area contributed by atoms with Crippen LogP contribution in [-0.2, 0) is 47.1 Å². The third-order valence-corrected chi connectivity index (χ3v) is 9.60. The SMILES string of the molecule is CCS(CCO)(C[C@H](NC(C)=O)[C@H]1O[C@H](SC)[C@H](OC(C)=O)[C@@H](OC(C)=O)[C@H]1OC(C)=O)OC(C)=O. The minimum absolute atomic E-state index is 0.0672. The Bertz CT molecular complexity index is 811. The molecular weight excluding hydrogens is 518 g/mol. The van der Waals surface area contributed by atoms with Crippen LogP contribution in [0.3, 0.4) is 0 Å². The van der Waals surface area contributed by atoms with E-state index in [4.69, 9.17) is 23.1 Å². The van der Waals surface area contributed by atoms with Crippen LogP contribution >= 0.6 is 22.1 Å². The number of thioether (sulfide) groups is 1. The highest BCUT2D eigenvalue weighted by atomic mass is 32.3. The highest BCUT2D eigenvalue weighted by Gasteiger charge is 2.54. The van der Waals surface area contributed by atoms with Gasteiger partial charge in [0.2, 0.25) is 5.91 Å². The van der Waals surface area contributed by atoms with Gasteiger partial charge >= 0.3 is 23.9 Å². The van der Waals surface area contributed by atoms with Crippen LogP contribution in [0.1, 0.15) is 41.5 Å². The molecule has 1 aliphatic heterocycles. The average Bonchev–Trinajstić information content (AvgIpc) is 2.74. The largest absolute Gasteiger partial charge is 0.456 e. The van der Waals surface area contributed by atoms with E-state index in [1.54, 1.807) is 13.2 Å². The number of esters is 3. The summed E-state index contributed by atoms with van der Waals surface area (Å²) in [5.74, 6) is -2.47. The summed E-state index contributed by atoms with van der Waals surface area (Å²) in [4.78, 5) is 60.1. The molecular formula is C22H37NO11S2. The number of nitrogens with one attached hydrogen (secondary N) is 1. The lowest BCUT2D eigenvalue weighted by atomic mass is 9.94. The van der Waals surface area contributed by atoms with Crippen molar-refractivity contribution in [1.82, 2.24) is 5.32 Å². The number of carbonyl (C=O) groups is 5. The van der Waals surface area contributed by atoms with E-state index in [1.165, 1.54) is 32.5 Å². The van der Waals surface area contributed by atoms with Crippen LogP contribution in [0.2, 0.25) is 0 Å². The van der Waals surface area contributed by atoms with Crippen LogP contribution in [0.25, 0.3) is 0 Å². The lowest BCUT2D eigenvalue weighted by Gasteiger charge is -2.48. The summed E-state index contributed by atoms with van der Waals surface area (Å²) in [7, 11) is -2.26. The molecule has 36 heavy (non-hydrogen) atoms. The van der Waals surface area contributed by atoms with Gasteiger partial charge in [-0.15, -0.1) is 11.8 Å².